The van der Waals surface area contributed by atoms with Crippen molar-refractivity contribution in [3.8, 4) is 0 Å². The predicted octanol–water partition coefficient (Wildman–Crippen LogP) is 3.37. The minimum Gasteiger partial charge on any atom is -0.313 e. The van der Waals surface area contributed by atoms with Crippen molar-refractivity contribution in [1.29, 1.82) is 0 Å². The van der Waals surface area contributed by atoms with Gasteiger partial charge in [-0.1, -0.05) is 25.1 Å². The zero-order chi connectivity index (χ0) is 14.2. The first-order valence-corrected chi connectivity index (χ1v) is 7.14. The van der Waals surface area contributed by atoms with Gasteiger partial charge in [-0.05, 0) is 55.1 Å². The number of hydrogen-bond acceptors (Lipinski definition) is 2. The van der Waals surface area contributed by atoms with Crippen molar-refractivity contribution in [2.45, 2.75) is 32.2 Å². The van der Waals surface area contributed by atoms with E-state index >= 15 is 0 Å². The molecule has 0 aliphatic rings. The average Bonchev–Trinajstić information content (AvgIpc) is 2.48. The van der Waals surface area contributed by atoms with Crippen LogP contribution >= 0.6 is 0 Å². The lowest BCUT2D eigenvalue weighted by Crippen LogP contribution is -2.33. The van der Waals surface area contributed by atoms with E-state index in [0.29, 0.717) is 6.04 Å². The lowest BCUT2D eigenvalue weighted by molar-refractivity contribution is 0.504. The first-order chi connectivity index (χ1) is 9.78. The van der Waals surface area contributed by atoms with E-state index in [0.717, 1.165) is 31.4 Å². The maximum Gasteiger partial charge on any atom is 0.123 e. The molecule has 0 radical (unpaired) electrons. The highest BCUT2D eigenvalue weighted by molar-refractivity contribution is 5.18. The molecule has 1 atom stereocenters. The highest BCUT2D eigenvalue weighted by Gasteiger charge is 2.10. The van der Waals surface area contributed by atoms with Crippen molar-refractivity contribution in [3.05, 3.63) is 65.7 Å². The molecule has 2 nitrogen and oxygen atoms in total. The molecule has 0 saturated heterocycles. The predicted molar refractivity (Wildman–Crippen MR) is 80.1 cm³/mol. The van der Waals surface area contributed by atoms with Crippen LogP contribution in [0.15, 0.2) is 48.8 Å². The summed E-state index contributed by atoms with van der Waals surface area (Å²) in [7, 11) is 0. The van der Waals surface area contributed by atoms with Crippen LogP contribution in [0.3, 0.4) is 0 Å². The quantitative estimate of drug-likeness (QED) is 0.836. The summed E-state index contributed by atoms with van der Waals surface area (Å²) in [5, 5.41) is 3.56. The largest absolute Gasteiger partial charge is 0.313 e. The molecule has 1 unspecified atom stereocenters. The molecule has 1 aromatic carbocycles. The van der Waals surface area contributed by atoms with Gasteiger partial charge in [-0.2, -0.15) is 0 Å². The van der Waals surface area contributed by atoms with Gasteiger partial charge in [0.1, 0.15) is 5.82 Å². The smallest absolute Gasteiger partial charge is 0.123 e. The number of nitrogens with zero attached hydrogens (tertiary/aromatic N) is 1. The summed E-state index contributed by atoms with van der Waals surface area (Å²) < 4.78 is 12.9. The Balaban J connectivity index is 2.01. The van der Waals surface area contributed by atoms with Crippen LogP contribution in [0, 0.1) is 5.82 Å². The van der Waals surface area contributed by atoms with Gasteiger partial charge in [-0.15, -0.1) is 0 Å². The molecule has 20 heavy (non-hydrogen) atoms. The zero-order valence-corrected chi connectivity index (χ0v) is 11.8. The van der Waals surface area contributed by atoms with Crippen molar-refractivity contribution in [2.75, 3.05) is 6.54 Å². The summed E-state index contributed by atoms with van der Waals surface area (Å²) in [6.07, 6.45) is 6.64. The van der Waals surface area contributed by atoms with Crippen LogP contribution in [0.5, 0.6) is 0 Å². The van der Waals surface area contributed by atoms with Gasteiger partial charge in [-0.25, -0.2) is 4.39 Å². The average molecular weight is 272 g/mol. The normalized spacial score (nSPS) is 12.3. The summed E-state index contributed by atoms with van der Waals surface area (Å²) in [6, 6.07) is 11.2. The van der Waals surface area contributed by atoms with Gasteiger partial charge in [0.2, 0.25) is 0 Å². The van der Waals surface area contributed by atoms with E-state index in [1.807, 2.05) is 24.4 Å². The fraction of sp³-hybridized carbons (Fsp3) is 0.353. The Hall–Kier alpha value is -1.74. The third-order valence-corrected chi connectivity index (χ3v) is 3.28. The summed E-state index contributed by atoms with van der Waals surface area (Å²) in [4.78, 5) is 4.16. The van der Waals surface area contributed by atoms with E-state index in [1.54, 1.807) is 6.20 Å². The van der Waals surface area contributed by atoms with Crippen LogP contribution < -0.4 is 5.32 Å². The molecule has 1 aromatic heterocycles. The summed E-state index contributed by atoms with van der Waals surface area (Å²) in [5.74, 6) is -0.181. The van der Waals surface area contributed by atoms with Crippen molar-refractivity contribution in [1.82, 2.24) is 10.3 Å². The Bertz CT molecular complexity index is 496. The van der Waals surface area contributed by atoms with Gasteiger partial charge in [-0.3, -0.25) is 4.98 Å². The Morgan fingerprint density at radius 2 is 1.85 bits per heavy atom. The summed E-state index contributed by atoms with van der Waals surface area (Å²) in [5.41, 5.74) is 2.38. The zero-order valence-electron chi connectivity index (χ0n) is 11.8. The Morgan fingerprint density at radius 1 is 1.10 bits per heavy atom. The molecule has 1 N–H and O–H groups in total. The summed E-state index contributed by atoms with van der Waals surface area (Å²) >= 11 is 0. The van der Waals surface area contributed by atoms with E-state index in [-0.39, 0.29) is 5.82 Å². The molecule has 0 spiro atoms. The van der Waals surface area contributed by atoms with Crippen molar-refractivity contribution in [3.63, 3.8) is 0 Å². The van der Waals surface area contributed by atoms with Crippen molar-refractivity contribution >= 4 is 0 Å². The second-order valence-electron chi connectivity index (χ2n) is 5.05. The van der Waals surface area contributed by atoms with Gasteiger partial charge in [0.15, 0.2) is 0 Å². The second kappa shape index (κ2) is 7.75. The minimum absolute atomic E-state index is 0.181. The van der Waals surface area contributed by atoms with E-state index < -0.39 is 0 Å². The van der Waals surface area contributed by atoms with Gasteiger partial charge >= 0.3 is 0 Å². The molecule has 0 amide bonds. The molecule has 2 rings (SSSR count). The minimum atomic E-state index is -0.181. The molecule has 106 valence electrons. The van der Waals surface area contributed by atoms with Crippen molar-refractivity contribution in [2.24, 2.45) is 0 Å². The van der Waals surface area contributed by atoms with Crippen LogP contribution in [-0.2, 0) is 12.8 Å². The van der Waals surface area contributed by atoms with Crippen LogP contribution in [0.2, 0.25) is 0 Å². The third kappa shape index (κ3) is 4.74. The van der Waals surface area contributed by atoms with E-state index in [4.69, 9.17) is 0 Å². The fourth-order valence-electron chi connectivity index (χ4n) is 2.27. The number of hydrogen-bond donors (Lipinski definition) is 1. The Morgan fingerprint density at radius 3 is 2.50 bits per heavy atom. The molecule has 2 aromatic rings. The standard InChI is InChI=1S/C17H21FN2/c1-2-9-20-17(12-15-4-3-10-19-13-15)11-14-5-7-16(18)8-6-14/h3-8,10,13,17,20H,2,9,11-12H2,1H3. The van der Waals surface area contributed by atoms with Gasteiger partial charge in [0.25, 0.3) is 0 Å². The lowest BCUT2D eigenvalue weighted by Gasteiger charge is -2.18. The van der Waals surface area contributed by atoms with E-state index in [1.165, 1.54) is 17.7 Å². The molecule has 0 aliphatic carbocycles. The Kier molecular flexibility index (Phi) is 5.69. The number of rotatable bonds is 7. The fourth-order valence-corrected chi connectivity index (χ4v) is 2.27. The summed E-state index contributed by atoms with van der Waals surface area (Å²) in [6.45, 7) is 3.15. The van der Waals surface area contributed by atoms with Gasteiger partial charge < -0.3 is 5.32 Å². The molecule has 0 bridgehead atoms. The Labute approximate surface area is 120 Å². The molecule has 1 heterocycles. The van der Waals surface area contributed by atoms with E-state index in [2.05, 4.69) is 23.3 Å². The number of benzene rings is 1. The molecule has 0 saturated carbocycles. The second-order valence-corrected chi connectivity index (χ2v) is 5.05. The maximum absolute atomic E-state index is 12.9. The molecule has 0 aliphatic heterocycles. The SMILES string of the molecule is CCCNC(Cc1ccc(F)cc1)Cc1cccnc1. The number of halogens is 1. The van der Waals surface area contributed by atoms with Crippen LogP contribution in [0.1, 0.15) is 24.5 Å². The number of pyridine rings is 1. The highest BCUT2D eigenvalue weighted by atomic mass is 19.1. The lowest BCUT2D eigenvalue weighted by atomic mass is 9.99. The van der Waals surface area contributed by atoms with Crippen LogP contribution in [0.4, 0.5) is 4.39 Å². The van der Waals surface area contributed by atoms with Gasteiger partial charge in [0, 0.05) is 18.4 Å². The number of nitrogens with one attached hydrogen (secondary N) is 1. The topological polar surface area (TPSA) is 24.9 Å². The van der Waals surface area contributed by atoms with E-state index in [9.17, 15) is 4.39 Å². The first kappa shape index (κ1) is 14.7. The molecule has 0 fully saturated rings. The van der Waals surface area contributed by atoms with Crippen LogP contribution in [0.25, 0.3) is 0 Å². The number of aromatic nitrogens is 1. The van der Waals surface area contributed by atoms with Crippen molar-refractivity contribution < 1.29 is 4.39 Å². The third-order valence-electron chi connectivity index (χ3n) is 3.28. The van der Waals surface area contributed by atoms with Gasteiger partial charge in [0.05, 0.1) is 0 Å². The maximum atomic E-state index is 12.9. The van der Waals surface area contributed by atoms with Crippen LogP contribution in [-0.4, -0.2) is 17.6 Å². The molecular formula is C17H21FN2. The molecular weight excluding hydrogens is 251 g/mol. The monoisotopic (exact) mass is 272 g/mol. The molecule has 3 heteroatoms. The highest BCUT2D eigenvalue weighted by Crippen LogP contribution is 2.10. The first-order valence-electron chi connectivity index (χ1n) is 7.14.